The van der Waals surface area contributed by atoms with Crippen LogP contribution in [0.3, 0.4) is 0 Å². The van der Waals surface area contributed by atoms with Crippen LogP contribution in [0.4, 0.5) is 0 Å². The topological polar surface area (TPSA) is 15.3 Å². The summed E-state index contributed by atoms with van der Waals surface area (Å²) in [7, 11) is 0. The van der Waals surface area contributed by atoms with Crippen LogP contribution >= 0.6 is 0 Å². The molecule has 0 aromatic carbocycles. The first-order chi connectivity index (χ1) is 8.27. The zero-order valence-corrected chi connectivity index (χ0v) is 14.1. The van der Waals surface area contributed by atoms with E-state index in [4.69, 9.17) is 0 Å². The Bertz CT molecular complexity index is 216. The first-order valence-electron chi connectivity index (χ1n) is 7.76. The van der Waals surface area contributed by atoms with Crippen LogP contribution in [0.2, 0.25) is 0 Å². The molecule has 2 nitrogen and oxygen atoms in total. The van der Waals surface area contributed by atoms with Gasteiger partial charge in [0.1, 0.15) is 0 Å². The number of nitrogens with zero attached hydrogens (tertiary/aromatic N) is 1. The summed E-state index contributed by atoms with van der Waals surface area (Å²) in [5.74, 6) is 0. The van der Waals surface area contributed by atoms with E-state index in [-0.39, 0.29) is 11.0 Å². The second-order valence-electron chi connectivity index (χ2n) is 6.64. The Kier molecular flexibility index (Phi) is 7.46. The van der Waals surface area contributed by atoms with E-state index >= 15 is 0 Å². The van der Waals surface area contributed by atoms with Crippen LogP contribution in [0.1, 0.15) is 68.2 Å². The lowest BCUT2D eigenvalue weighted by Crippen LogP contribution is -2.63. The summed E-state index contributed by atoms with van der Waals surface area (Å²) in [5.41, 5.74) is 0.513. The van der Waals surface area contributed by atoms with Crippen LogP contribution in [-0.4, -0.2) is 36.1 Å². The van der Waals surface area contributed by atoms with Crippen molar-refractivity contribution >= 4 is 0 Å². The van der Waals surface area contributed by atoms with E-state index in [1.807, 2.05) is 0 Å². The minimum absolute atomic E-state index is 0.233. The molecular weight excluding hydrogens is 220 g/mol. The Morgan fingerprint density at radius 2 is 1.44 bits per heavy atom. The molecule has 0 heterocycles. The molecule has 2 atom stereocenters. The summed E-state index contributed by atoms with van der Waals surface area (Å²) in [4.78, 5) is 2.62. The molecule has 0 saturated carbocycles. The maximum Gasteiger partial charge on any atom is 0.0336 e. The van der Waals surface area contributed by atoms with Crippen LogP contribution in [0.25, 0.3) is 0 Å². The Labute approximate surface area is 116 Å². The lowest BCUT2D eigenvalue weighted by molar-refractivity contribution is 0.0249. The summed E-state index contributed by atoms with van der Waals surface area (Å²) in [6.45, 7) is 22.0. The normalized spacial score (nSPS) is 17.8. The highest BCUT2D eigenvalue weighted by Gasteiger charge is 2.42. The zero-order chi connectivity index (χ0) is 14.4. The van der Waals surface area contributed by atoms with Gasteiger partial charge in [-0.15, -0.1) is 0 Å². The van der Waals surface area contributed by atoms with Gasteiger partial charge in [0, 0.05) is 11.6 Å². The molecule has 0 spiro atoms. The first kappa shape index (κ1) is 17.9. The third-order valence-corrected chi connectivity index (χ3v) is 4.29. The molecule has 110 valence electrons. The van der Waals surface area contributed by atoms with E-state index in [2.05, 4.69) is 65.6 Å². The van der Waals surface area contributed by atoms with Crippen molar-refractivity contribution in [2.75, 3.05) is 19.6 Å². The molecule has 0 rings (SSSR count). The minimum Gasteiger partial charge on any atom is -0.312 e. The predicted octanol–water partition coefficient (Wildman–Crippen LogP) is 3.91. The molecule has 0 radical (unpaired) electrons. The maximum atomic E-state index is 3.81. The fourth-order valence-corrected chi connectivity index (χ4v) is 3.30. The highest BCUT2D eigenvalue weighted by Crippen LogP contribution is 2.34. The lowest BCUT2D eigenvalue weighted by atomic mass is 9.72. The number of likely N-dealkylation sites (N-methyl/N-ethyl adjacent to an activating group) is 1. The van der Waals surface area contributed by atoms with Crippen LogP contribution < -0.4 is 5.32 Å². The summed E-state index contributed by atoms with van der Waals surface area (Å²) in [6, 6.07) is 0.523. The van der Waals surface area contributed by atoms with Gasteiger partial charge < -0.3 is 5.32 Å². The van der Waals surface area contributed by atoms with Gasteiger partial charge in [-0.25, -0.2) is 0 Å². The van der Waals surface area contributed by atoms with E-state index in [9.17, 15) is 0 Å². The number of hydrogen-bond donors (Lipinski definition) is 1. The SMILES string of the molecule is CCCNC(C(C)(C)C)C(C)(CC)N(CC)CC. The summed E-state index contributed by atoms with van der Waals surface area (Å²) < 4.78 is 0. The third kappa shape index (κ3) is 4.24. The fraction of sp³-hybridized carbons (Fsp3) is 1.00. The molecule has 2 unspecified atom stereocenters. The smallest absolute Gasteiger partial charge is 0.0336 e. The van der Waals surface area contributed by atoms with E-state index in [1.165, 1.54) is 12.8 Å². The van der Waals surface area contributed by atoms with Crippen molar-refractivity contribution in [1.29, 1.82) is 0 Å². The van der Waals surface area contributed by atoms with Crippen molar-refractivity contribution in [3.05, 3.63) is 0 Å². The van der Waals surface area contributed by atoms with Gasteiger partial charge in [-0.05, 0) is 44.8 Å². The molecule has 0 amide bonds. The highest BCUT2D eigenvalue weighted by atomic mass is 15.2. The van der Waals surface area contributed by atoms with Gasteiger partial charge in [-0.2, -0.15) is 0 Å². The van der Waals surface area contributed by atoms with Gasteiger partial charge in [-0.3, -0.25) is 4.90 Å². The number of rotatable bonds is 8. The van der Waals surface area contributed by atoms with Crippen LogP contribution in [0.5, 0.6) is 0 Å². The van der Waals surface area contributed by atoms with Gasteiger partial charge in [0.25, 0.3) is 0 Å². The lowest BCUT2D eigenvalue weighted by Gasteiger charge is -2.51. The molecule has 0 aromatic heterocycles. The second-order valence-corrected chi connectivity index (χ2v) is 6.64. The van der Waals surface area contributed by atoms with Crippen LogP contribution in [-0.2, 0) is 0 Å². The average molecular weight is 256 g/mol. The Morgan fingerprint density at radius 1 is 0.944 bits per heavy atom. The Morgan fingerprint density at radius 3 is 1.72 bits per heavy atom. The molecule has 2 heteroatoms. The standard InChI is InChI=1S/C16H36N2/c1-9-13-17-14(15(5,6)7)16(8,10-2)18(11-3)12-4/h14,17H,9-13H2,1-8H3. The third-order valence-electron chi connectivity index (χ3n) is 4.29. The molecule has 0 fully saturated rings. The van der Waals surface area contributed by atoms with E-state index in [0.717, 1.165) is 19.6 Å². The molecule has 0 aliphatic heterocycles. The van der Waals surface area contributed by atoms with E-state index in [1.54, 1.807) is 0 Å². The molecular formula is C16H36N2. The van der Waals surface area contributed by atoms with Crippen molar-refractivity contribution in [3.63, 3.8) is 0 Å². The number of hydrogen-bond acceptors (Lipinski definition) is 2. The molecule has 1 N–H and O–H groups in total. The summed E-state index contributed by atoms with van der Waals surface area (Å²) >= 11 is 0. The number of nitrogens with one attached hydrogen (secondary N) is 1. The van der Waals surface area contributed by atoms with Crippen molar-refractivity contribution < 1.29 is 0 Å². The van der Waals surface area contributed by atoms with Crippen molar-refractivity contribution in [1.82, 2.24) is 10.2 Å². The van der Waals surface area contributed by atoms with Crippen molar-refractivity contribution in [2.45, 2.75) is 79.8 Å². The zero-order valence-electron chi connectivity index (χ0n) is 14.1. The molecule has 18 heavy (non-hydrogen) atoms. The molecule has 0 bridgehead atoms. The van der Waals surface area contributed by atoms with E-state index in [0.29, 0.717) is 6.04 Å². The molecule has 0 aliphatic carbocycles. The monoisotopic (exact) mass is 256 g/mol. The second kappa shape index (κ2) is 7.49. The Balaban J connectivity index is 5.23. The van der Waals surface area contributed by atoms with Crippen LogP contribution in [0, 0.1) is 5.41 Å². The summed E-state index contributed by atoms with van der Waals surface area (Å²) in [6.07, 6.45) is 2.39. The largest absolute Gasteiger partial charge is 0.312 e. The Hall–Kier alpha value is -0.0800. The maximum absolute atomic E-state index is 3.81. The van der Waals surface area contributed by atoms with Gasteiger partial charge in [0.2, 0.25) is 0 Å². The van der Waals surface area contributed by atoms with Gasteiger partial charge in [-0.1, -0.05) is 48.5 Å². The average Bonchev–Trinajstić information content (AvgIpc) is 2.29. The predicted molar refractivity (Wildman–Crippen MR) is 83.2 cm³/mol. The molecule has 0 aromatic rings. The molecule has 0 aliphatic rings. The summed E-state index contributed by atoms with van der Waals surface area (Å²) in [5, 5.41) is 3.81. The highest BCUT2D eigenvalue weighted by molar-refractivity contribution is 5.01. The van der Waals surface area contributed by atoms with Gasteiger partial charge >= 0.3 is 0 Å². The van der Waals surface area contributed by atoms with Crippen molar-refractivity contribution in [3.8, 4) is 0 Å². The van der Waals surface area contributed by atoms with E-state index < -0.39 is 0 Å². The van der Waals surface area contributed by atoms with Crippen molar-refractivity contribution in [2.24, 2.45) is 5.41 Å². The fourth-order valence-electron chi connectivity index (χ4n) is 3.30. The first-order valence-corrected chi connectivity index (χ1v) is 7.76. The molecule has 0 saturated heterocycles. The van der Waals surface area contributed by atoms with Crippen LogP contribution in [0.15, 0.2) is 0 Å². The van der Waals surface area contributed by atoms with Gasteiger partial charge in [0.15, 0.2) is 0 Å². The quantitative estimate of drug-likeness (QED) is 0.708. The van der Waals surface area contributed by atoms with Gasteiger partial charge in [0.05, 0.1) is 0 Å². The minimum atomic E-state index is 0.233.